The van der Waals surface area contributed by atoms with E-state index >= 15 is 0 Å². The highest BCUT2D eigenvalue weighted by atomic mass is 32.2. The van der Waals surface area contributed by atoms with Gasteiger partial charge in [0.25, 0.3) is 0 Å². The molecule has 1 aromatic rings. The van der Waals surface area contributed by atoms with Crippen LogP contribution in [0.3, 0.4) is 0 Å². The molecule has 0 unspecified atom stereocenters. The summed E-state index contributed by atoms with van der Waals surface area (Å²) in [7, 11) is 2.75. The number of nitrogens with one attached hydrogen (secondary N) is 1. The molecule has 0 aromatic carbocycles. The number of urea groups is 1. The van der Waals surface area contributed by atoms with Crippen molar-refractivity contribution in [3.8, 4) is 0 Å². The number of nitrogens with zero attached hydrogens (tertiary/aromatic N) is 4. The van der Waals surface area contributed by atoms with Gasteiger partial charge < -0.3 is 15.1 Å². The molecule has 8 nitrogen and oxygen atoms in total. The summed E-state index contributed by atoms with van der Waals surface area (Å²) in [6.45, 7) is 0.220. The maximum atomic E-state index is 12.8. The van der Waals surface area contributed by atoms with Gasteiger partial charge in [-0.1, -0.05) is 0 Å². The molecule has 1 saturated carbocycles. The van der Waals surface area contributed by atoms with Gasteiger partial charge in [-0.3, -0.25) is 4.68 Å². The van der Waals surface area contributed by atoms with Crippen LogP contribution in [-0.2, 0) is 16.9 Å². The van der Waals surface area contributed by atoms with Crippen LogP contribution in [0.2, 0.25) is 0 Å². The van der Waals surface area contributed by atoms with E-state index in [2.05, 4.69) is 29.4 Å². The standard InChI is InChI=1S/C16H27N5O3S/c1-19(2)14-5-4-13(8-14)18-16(22)21-6-7-25(23,24)11-15(21)12-9-17-20(3)10-12/h9-10,13-15H,4-8,11H2,1-3H3,(H,18,22)/t13-,14-,15-/m1/s1. The minimum atomic E-state index is -3.15. The Bertz CT molecular complexity index is 730. The number of hydrogen-bond acceptors (Lipinski definition) is 5. The van der Waals surface area contributed by atoms with Crippen LogP contribution in [0.1, 0.15) is 30.9 Å². The predicted octanol–water partition coefficient (Wildman–Crippen LogP) is 0.384. The Kier molecular flexibility index (Phi) is 5.06. The summed E-state index contributed by atoms with van der Waals surface area (Å²) >= 11 is 0. The second-order valence-electron chi connectivity index (χ2n) is 7.35. The SMILES string of the molecule is CN(C)[C@@H]1CC[C@@H](NC(=O)N2CCS(=O)(=O)C[C@@H]2c2cnn(C)c2)C1. The fourth-order valence-corrected chi connectivity index (χ4v) is 5.25. The molecule has 2 aliphatic rings. The third-order valence-electron chi connectivity index (χ3n) is 5.26. The zero-order chi connectivity index (χ0) is 18.2. The van der Waals surface area contributed by atoms with Crippen LogP contribution in [0.5, 0.6) is 0 Å². The molecular weight excluding hydrogens is 342 g/mol. The lowest BCUT2D eigenvalue weighted by Gasteiger charge is -2.35. The first-order valence-electron chi connectivity index (χ1n) is 8.68. The molecule has 2 fully saturated rings. The molecule has 9 heteroatoms. The minimum absolute atomic E-state index is 0.0160. The Morgan fingerprint density at radius 3 is 2.72 bits per heavy atom. The maximum absolute atomic E-state index is 12.8. The van der Waals surface area contributed by atoms with Crippen molar-refractivity contribution in [2.45, 2.75) is 37.4 Å². The van der Waals surface area contributed by atoms with E-state index in [4.69, 9.17) is 0 Å². The largest absolute Gasteiger partial charge is 0.335 e. The molecule has 0 radical (unpaired) electrons. The van der Waals surface area contributed by atoms with Crippen LogP contribution in [0, 0.1) is 0 Å². The number of amides is 2. The summed E-state index contributed by atoms with van der Waals surface area (Å²) in [5.41, 5.74) is 0.763. The van der Waals surface area contributed by atoms with Crippen molar-refractivity contribution in [2.24, 2.45) is 7.05 Å². The summed E-state index contributed by atoms with van der Waals surface area (Å²) < 4.78 is 25.8. The first kappa shape index (κ1) is 18.2. The Morgan fingerprint density at radius 1 is 1.36 bits per heavy atom. The van der Waals surface area contributed by atoms with E-state index in [1.165, 1.54) is 0 Å². The van der Waals surface area contributed by atoms with Crippen LogP contribution in [0.15, 0.2) is 12.4 Å². The van der Waals surface area contributed by atoms with Crippen LogP contribution < -0.4 is 5.32 Å². The molecule has 1 aliphatic heterocycles. The second kappa shape index (κ2) is 6.95. The number of carbonyl (C=O) groups is 1. The van der Waals surface area contributed by atoms with Crippen LogP contribution >= 0.6 is 0 Å². The zero-order valence-electron chi connectivity index (χ0n) is 15.1. The molecule has 2 amide bonds. The lowest BCUT2D eigenvalue weighted by Crippen LogP contribution is -2.52. The fourth-order valence-electron chi connectivity index (χ4n) is 3.75. The first-order valence-corrected chi connectivity index (χ1v) is 10.5. The molecule has 3 rings (SSSR count). The summed E-state index contributed by atoms with van der Waals surface area (Å²) in [6.07, 6.45) is 6.38. The Labute approximate surface area is 149 Å². The van der Waals surface area contributed by atoms with Gasteiger partial charge in [0.05, 0.1) is 23.7 Å². The summed E-state index contributed by atoms with van der Waals surface area (Å²) in [5, 5.41) is 7.23. The van der Waals surface area contributed by atoms with Gasteiger partial charge in [-0.15, -0.1) is 0 Å². The number of carbonyl (C=O) groups excluding carboxylic acids is 1. The summed E-state index contributed by atoms with van der Waals surface area (Å²) in [6, 6.07) is -0.0132. The lowest BCUT2D eigenvalue weighted by atomic mass is 10.1. The molecule has 25 heavy (non-hydrogen) atoms. The van der Waals surface area contributed by atoms with Crippen molar-refractivity contribution in [3.63, 3.8) is 0 Å². The Hall–Kier alpha value is -1.61. The summed E-state index contributed by atoms with van der Waals surface area (Å²) in [5.74, 6) is -0.0285. The van der Waals surface area contributed by atoms with Gasteiger partial charge in [-0.2, -0.15) is 5.10 Å². The summed E-state index contributed by atoms with van der Waals surface area (Å²) in [4.78, 5) is 16.7. The van der Waals surface area contributed by atoms with E-state index in [0.717, 1.165) is 24.8 Å². The van der Waals surface area contributed by atoms with E-state index in [9.17, 15) is 13.2 Å². The van der Waals surface area contributed by atoms with E-state index < -0.39 is 15.9 Å². The van der Waals surface area contributed by atoms with E-state index in [0.29, 0.717) is 6.04 Å². The number of aryl methyl sites for hydroxylation is 1. The van der Waals surface area contributed by atoms with Gasteiger partial charge in [-0.05, 0) is 33.4 Å². The molecule has 0 spiro atoms. The van der Waals surface area contributed by atoms with Crippen molar-refractivity contribution in [1.29, 1.82) is 0 Å². The molecule has 1 aliphatic carbocycles. The van der Waals surface area contributed by atoms with Crippen LogP contribution in [0.25, 0.3) is 0 Å². The third-order valence-corrected chi connectivity index (χ3v) is 6.89. The average Bonchev–Trinajstić information content (AvgIpc) is 3.15. The zero-order valence-corrected chi connectivity index (χ0v) is 15.9. The highest BCUT2D eigenvalue weighted by Gasteiger charge is 2.37. The van der Waals surface area contributed by atoms with Gasteiger partial charge in [0.15, 0.2) is 9.84 Å². The van der Waals surface area contributed by atoms with Crippen LogP contribution in [0.4, 0.5) is 4.79 Å². The molecular formula is C16H27N5O3S. The van der Waals surface area contributed by atoms with Gasteiger partial charge >= 0.3 is 6.03 Å². The number of hydrogen-bond donors (Lipinski definition) is 1. The molecule has 1 saturated heterocycles. The van der Waals surface area contributed by atoms with E-state index in [1.54, 1.807) is 29.0 Å². The highest BCUT2D eigenvalue weighted by molar-refractivity contribution is 7.91. The molecule has 2 heterocycles. The Morgan fingerprint density at radius 2 is 2.12 bits per heavy atom. The van der Waals surface area contributed by atoms with Gasteiger partial charge in [0.2, 0.25) is 0 Å². The molecule has 140 valence electrons. The fraction of sp³-hybridized carbons (Fsp3) is 0.750. The monoisotopic (exact) mass is 369 g/mol. The topological polar surface area (TPSA) is 87.5 Å². The normalized spacial score (nSPS) is 29.1. The highest BCUT2D eigenvalue weighted by Crippen LogP contribution is 2.28. The van der Waals surface area contributed by atoms with Crippen molar-refractivity contribution < 1.29 is 13.2 Å². The van der Waals surface area contributed by atoms with E-state index in [-0.39, 0.29) is 30.1 Å². The maximum Gasteiger partial charge on any atom is 0.318 e. The third kappa shape index (κ3) is 4.14. The number of sulfone groups is 1. The van der Waals surface area contributed by atoms with Crippen molar-refractivity contribution in [3.05, 3.63) is 18.0 Å². The quantitative estimate of drug-likeness (QED) is 0.832. The Balaban J connectivity index is 1.71. The van der Waals surface area contributed by atoms with Crippen molar-refractivity contribution >= 4 is 15.9 Å². The molecule has 1 N–H and O–H groups in total. The van der Waals surface area contributed by atoms with Gasteiger partial charge in [0.1, 0.15) is 0 Å². The predicted molar refractivity (Wildman–Crippen MR) is 95.0 cm³/mol. The van der Waals surface area contributed by atoms with E-state index in [1.807, 2.05) is 0 Å². The van der Waals surface area contributed by atoms with Crippen molar-refractivity contribution in [2.75, 3.05) is 32.1 Å². The van der Waals surface area contributed by atoms with Crippen molar-refractivity contribution in [1.82, 2.24) is 24.9 Å². The first-order chi connectivity index (χ1) is 11.7. The lowest BCUT2D eigenvalue weighted by molar-refractivity contribution is 0.176. The van der Waals surface area contributed by atoms with Gasteiger partial charge in [0, 0.05) is 37.4 Å². The smallest absolute Gasteiger partial charge is 0.318 e. The molecule has 0 bridgehead atoms. The van der Waals surface area contributed by atoms with Crippen LogP contribution in [-0.4, -0.2) is 78.3 Å². The second-order valence-corrected chi connectivity index (χ2v) is 9.58. The van der Waals surface area contributed by atoms with Gasteiger partial charge in [-0.25, -0.2) is 13.2 Å². The number of rotatable bonds is 3. The number of aromatic nitrogens is 2. The molecule has 3 atom stereocenters. The average molecular weight is 369 g/mol. The molecule has 1 aromatic heterocycles. The minimum Gasteiger partial charge on any atom is -0.335 e.